The lowest BCUT2D eigenvalue weighted by Crippen LogP contribution is -2.51. The van der Waals surface area contributed by atoms with Gasteiger partial charge in [-0.15, -0.1) is 0 Å². The molecule has 2 aromatic heterocycles. The molecule has 0 saturated carbocycles. The number of hydrogen-bond acceptors (Lipinski definition) is 9. The fourth-order valence-electron chi connectivity index (χ4n) is 3.64. The average molecular weight is 553 g/mol. The van der Waals surface area contributed by atoms with Crippen LogP contribution in [0, 0.1) is 3.57 Å². The maximum absolute atomic E-state index is 12.2. The number of nitrogens with zero attached hydrogens (tertiary/aromatic N) is 4. The first-order valence-corrected chi connectivity index (χ1v) is 11.0. The van der Waals surface area contributed by atoms with Gasteiger partial charge in [-0.1, -0.05) is 12.1 Å². The second-order valence-corrected chi connectivity index (χ2v) is 8.89. The number of fused-ring (bicyclic) bond motifs is 1. The summed E-state index contributed by atoms with van der Waals surface area (Å²) in [4.78, 5) is 25.5. The first-order chi connectivity index (χ1) is 15.3. The van der Waals surface area contributed by atoms with Gasteiger partial charge >= 0.3 is 0 Å². The zero-order valence-electron chi connectivity index (χ0n) is 17.7. The van der Waals surface area contributed by atoms with Crippen LogP contribution in [0.25, 0.3) is 11.2 Å². The molecule has 0 aliphatic carbocycles. The van der Waals surface area contributed by atoms with Crippen LogP contribution >= 0.6 is 22.6 Å². The molecule has 1 aliphatic rings. The number of hydrogen-bond donors (Lipinski definition) is 5. The number of aliphatic hydroxyl groups excluding tert-OH is 1. The van der Waals surface area contributed by atoms with Gasteiger partial charge in [-0.05, 0) is 47.2 Å². The Balaban J connectivity index is 1.70. The van der Waals surface area contributed by atoms with Gasteiger partial charge in [-0.25, -0.2) is 4.98 Å². The molecule has 4 rings (SSSR count). The largest absolute Gasteiger partial charge is 0.385 e. The number of amides is 1. The molecule has 1 fully saturated rings. The van der Waals surface area contributed by atoms with Crippen molar-refractivity contribution in [3.8, 4) is 0 Å². The smallest absolute Gasteiger partial charge is 0.252 e. The van der Waals surface area contributed by atoms with Gasteiger partial charge in [0.25, 0.3) is 5.91 Å². The minimum absolute atomic E-state index is 0.339. The lowest BCUT2D eigenvalue weighted by Gasteiger charge is -2.25. The van der Waals surface area contributed by atoms with Gasteiger partial charge in [0.05, 0.1) is 6.33 Å². The van der Waals surface area contributed by atoms with E-state index in [9.17, 15) is 15.0 Å². The molecule has 11 nitrogen and oxygen atoms in total. The Labute approximate surface area is 197 Å². The van der Waals surface area contributed by atoms with Gasteiger partial charge in [0.15, 0.2) is 29.3 Å². The van der Waals surface area contributed by atoms with E-state index in [1.807, 2.05) is 18.2 Å². The number of rotatable bonds is 6. The third-order valence-corrected chi connectivity index (χ3v) is 6.10. The Morgan fingerprint density at radius 2 is 2.12 bits per heavy atom. The quantitative estimate of drug-likeness (QED) is 0.280. The summed E-state index contributed by atoms with van der Waals surface area (Å²) in [6.07, 6.45) is -2.27. The summed E-state index contributed by atoms with van der Waals surface area (Å²) in [6, 6.07) is 8.07. The van der Waals surface area contributed by atoms with Gasteiger partial charge < -0.3 is 30.9 Å². The Morgan fingerprint density at radius 1 is 1.34 bits per heavy atom. The summed E-state index contributed by atoms with van der Waals surface area (Å²) in [5.74, 6) is 0.303. The van der Waals surface area contributed by atoms with Crippen LogP contribution < -0.4 is 16.0 Å². The summed E-state index contributed by atoms with van der Waals surface area (Å²) in [5, 5.41) is 30.1. The minimum atomic E-state index is -1.80. The number of ether oxygens (including phenoxy) is 1. The highest BCUT2D eigenvalue weighted by atomic mass is 127. The maximum atomic E-state index is 12.2. The number of nitrogens with one attached hydrogen (secondary N) is 3. The molecule has 170 valence electrons. The van der Waals surface area contributed by atoms with Crippen LogP contribution in [0.5, 0.6) is 0 Å². The number of imidazole rings is 1. The molecule has 4 atom stereocenters. The highest BCUT2D eigenvalue weighted by Crippen LogP contribution is 2.38. The lowest BCUT2D eigenvalue weighted by molar-refractivity contribution is -0.142. The number of carbonyl (C=O) groups is 1. The number of likely N-dealkylation sites (N-methyl/N-ethyl adjacent to an activating group) is 1. The van der Waals surface area contributed by atoms with Crippen LogP contribution in [-0.4, -0.2) is 67.5 Å². The maximum Gasteiger partial charge on any atom is 0.252 e. The van der Waals surface area contributed by atoms with Gasteiger partial charge in [-0.3, -0.25) is 9.36 Å². The van der Waals surface area contributed by atoms with Crippen molar-refractivity contribution in [2.75, 3.05) is 24.7 Å². The number of halogens is 1. The van der Waals surface area contributed by atoms with Gasteiger partial charge in [0.2, 0.25) is 5.95 Å². The first-order valence-electron chi connectivity index (χ1n) is 9.94. The number of anilines is 2. The lowest BCUT2D eigenvalue weighted by atomic mass is 9.94. The van der Waals surface area contributed by atoms with Crippen molar-refractivity contribution in [1.29, 1.82) is 0 Å². The molecule has 1 aliphatic heterocycles. The molecule has 5 N–H and O–H groups in total. The average Bonchev–Trinajstić information content (AvgIpc) is 3.30. The first kappa shape index (κ1) is 22.6. The van der Waals surface area contributed by atoms with Crippen molar-refractivity contribution in [3.05, 3.63) is 39.7 Å². The Hall–Kier alpha value is -2.55. The van der Waals surface area contributed by atoms with Crippen LogP contribution in [0.1, 0.15) is 18.7 Å². The standard InChI is InChI=1S/C20H24IN7O4/c1-20(31)13(29)18(32-14(20)17(30)22-2)28-9-25-12-15(26-19(23-3)27-16(12)28)24-8-10-5-4-6-11(21)7-10/h4-7,9,13-14,18,29,31H,8H2,1-3H3,(H,22,30)(H2,23,24,26,27)/t13-,14+,18+,20-/m0/s1. The van der Waals surface area contributed by atoms with E-state index in [1.165, 1.54) is 24.9 Å². The van der Waals surface area contributed by atoms with Crippen molar-refractivity contribution < 1.29 is 19.7 Å². The number of aromatic nitrogens is 4. The van der Waals surface area contributed by atoms with Crippen molar-refractivity contribution in [2.45, 2.75) is 37.5 Å². The molecule has 3 heterocycles. The van der Waals surface area contributed by atoms with E-state index < -0.39 is 29.9 Å². The molecule has 0 spiro atoms. The number of aliphatic hydroxyl groups is 2. The van der Waals surface area contributed by atoms with Gasteiger partial charge in [0.1, 0.15) is 11.7 Å². The van der Waals surface area contributed by atoms with Gasteiger partial charge in [0, 0.05) is 24.2 Å². The molecule has 1 saturated heterocycles. The van der Waals surface area contributed by atoms with Crippen LogP contribution in [0.4, 0.5) is 11.8 Å². The SMILES string of the molecule is CNC(=O)[C@H]1O[C@@H](n2cnc3c(NCc4cccc(I)c4)nc(NC)nc32)[C@H](O)[C@]1(C)O. The molecule has 1 amide bonds. The van der Waals surface area contributed by atoms with E-state index in [1.54, 1.807) is 7.05 Å². The predicted molar refractivity (Wildman–Crippen MR) is 126 cm³/mol. The molecular formula is C20H24IN7O4. The van der Waals surface area contributed by atoms with Crippen molar-refractivity contribution in [3.63, 3.8) is 0 Å². The van der Waals surface area contributed by atoms with Crippen LogP contribution in [0.3, 0.4) is 0 Å². The number of benzene rings is 1. The van der Waals surface area contributed by atoms with Crippen molar-refractivity contribution in [1.82, 2.24) is 24.8 Å². The highest BCUT2D eigenvalue weighted by molar-refractivity contribution is 14.1. The van der Waals surface area contributed by atoms with E-state index in [2.05, 4.69) is 59.6 Å². The molecular weight excluding hydrogens is 529 g/mol. The summed E-state index contributed by atoms with van der Waals surface area (Å²) < 4.78 is 8.38. The Morgan fingerprint density at radius 3 is 2.81 bits per heavy atom. The van der Waals surface area contributed by atoms with Crippen molar-refractivity contribution >= 4 is 51.4 Å². The predicted octanol–water partition coefficient (Wildman–Crippen LogP) is 0.840. The second kappa shape index (κ2) is 8.77. The van der Waals surface area contributed by atoms with Crippen LogP contribution in [-0.2, 0) is 16.1 Å². The number of carbonyl (C=O) groups excluding carboxylic acids is 1. The summed E-state index contributed by atoms with van der Waals surface area (Å²) in [7, 11) is 3.13. The molecule has 0 unspecified atom stereocenters. The van der Waals surface area contributed by atoms with Crippen LogP contribution in [0.15, 0.2) is 30.6 Å². The molecule has 0 bridgehead atoms. The van der Waals surface area contributed by atoms with E-state index in [-0.39, 0.29) is 0 Å². The summed E-state index contributed by atoms with van der Waals surface area (Å²) >= 11 is 2.26. The zero-order valence-corrected chi connectivity index (χ0v) is 19.9. The summed E-state index contributed by atoms with van der Waals surface area (Å²) in [6.45, 7) is 1.88. The Kier molecular flexibility index (Phi) is 6.20. The van der Waals surface area contributed by atoms with E-state index in [4.69, 9.17) is 4.74 Å². The Bertz CT molecular complexity index is 1150. The third kappa shape index (κ3) is 3.98. The summed E-state index contributed by atoms with van der Waals surface area (Å²) in [5.41, 5.74) is 0.125. The highest BCUT2D eigenvalue weighted by Gasteiger charge is 2.56. The second-order valence-electron chi connectivity index (χ2n) is 7.64. The fraction of sp³-hybridized carbons (Fsp3) is 0.400. The molecule has 32 heavy (non-hydrogen) atoms. The van der Waals surface area contributed by atoms with Crippen LogP contribution in [0.2, 0.25) is 0 Å². The monoisotopic (exact) mass is 553 g/mol. The van der Waals surface area contributed by atoms with E-state index >= 15 is 0 Å². The molecule has 1 aromatic carbocycles. The molecule has 3 aromatic rings. The third-order valence-electron chi connectivity index (χ3n) is 5.43. The van der Waals surface area contributed by atoms with Gasteiger partial charge in [-0.2, -0.15) is 9.97 Å². The van der Waals surface area contributed by atoms with E-state index in [0.717, 1.165) is 9.13 Å². The molecule has 12 heteroatoms. The normalized spacial score (nSPS) is 25.1. The zero-order chi connectivity index (χ0) is 23.0. The fourth-order valence-corrected chi connectivity index (χ4v) is 4.25. The molecule has 0 radical (unpaired) electrons. The van der Waals surface area contributed by atoms with E-state index in [0.29, 0.717) is 29.5 Å². The minimum Gasteiger partial charge on any atom is -0.385 e. The topological polar surface area (TPSA) is 146 Å². The van der Waals surface area contributed by atoms with Crippen molar-refractivity contribution in [2.24, 2.45) is 0 Å².